The van der Waals surface area contributed by atoms with Gasteiger partial charge in [0.1, 0.15) is 19.0 Å². The first-order valence-corrected chi connectivity index (χ1v) is 12.2. The van der Waals surface area contributed by atoms with Gasteiger partial charge in [-0.15, -0.1) is 0 Å². The van der Waals surface area contributed by atoms with Gasteiger partial charge in [-0.25, -0.2) is 9.97 Å². The second-order valence-electron chi connectivity index (χ2n) is 8.18. The number of pyridine rings is 1. The predicted molar refractivity (Wildman–Crippen MR) is 138 cm³/mol. The Hall–Kier alpha value is -3.78. The van der Waals surface area contributed by atoms with Crippen molar-refractivity contribution in [2.24, 2.45) is 7.05 Å². The third-order valence-electron chi connectivity index (χ3n) is 5.59. The molecule has 3 aromatic rings. The summed E-state index contributed by atoms with van der Waals surface area (Å²) in [6, 6.07) is 5.00. The average Bonchev–Trinajstić information content (AvgIpc) is 2.91. The minimum atomic E-state index is -0.501. The molecule has 2 aromatic heterocycles. The number of rotatable bonds is 2. The van der Waals surface area contributed by atoms with E-state index in [0.29, 0.717) is 75.1 Å². The fourth-order valence-electron chi connectivity index (χ4n) is 3.63. The van der Waals surface area contributed by atoms with Crippen molar-refractivity contribution in [3.8, 4) is 11.5 Å². The van der Waals surface area contributed by atoms with E-state index >= 15 is 0 Å². The highest BCUT2D eigenvalue weighted by atomic mass is 16.6. The SMILES string of the molecule is Cn1c(NC(=O)c2cnc(N)nc2)cc2c3c(ccc2c1=O)OCCOCCOCCOCCOCCO3. The topological polar surface area (TPSA) is 158 Å². The predicted octanol–water partition coefficient (Wildman–Crippen LogP) is 1.00. The summed E-state index contributed by atoms with van der Waals surface area (Å²) in [7, 11) is 1.56. The number of benzene rings is 1. The van der Waals surface area contributed by atoms with Crippen LogP contribution in [0.4, 0.5) is 11.8 Å². The average molecular weight is 530 g/mol. The first-order valence-electron chi connectivity index (χ1n) is 12.2. The van der Waals surface area contributed by atoms with Gasteiger partial charge in [0, 0.05) is 24.8 Å². The Morgan fingerprint density at radius 1 is 0.842 bits per heavy atom. The summed E-state index contributed by atoms with van der Waals surface area (Å²) in [5, 5.41) is 3.60. The summed E-state index contributed by atoms with van der Waals surface area (Å²) in [6.07, 6.45) is 2.61. The number of nitrogens with zero attached hydrogens (tertiary/aromatic N) is 3. The van der Waals surface area contributed by atoms with Gasteiger partial charge in [-0.3, -0.25) is 14.2 Å². The van der Waals surface area contributed by atoms with Crippen molar-refractivity contribution in [3.63, 3.8) is 0 Å². The Bertz CT molecular complexity index is 1280. The van der Waals surface area contributed by atoms with E-state index in [1.54, 1.807) is 25.2 Å². The Labute approximate surface area is 218 Å². The molecule has 13 heteroatoms. The maximum atomic E-state index is 13.2. The van der Waals surface area contributed by atoms with Crippen LogP contribution in [0.2, 0.25) is 0 Å². The minimum Gasteiger partial charge on any atom is -0.487 e. The molecule has 0 spiro atoms. The van der Waals surface area contributed by atoms with Crippen molar-refractivity contribution >= 4 is 28.4 Å². The van der Waals surface area contributed by atoms with Crippen molar-refractivity contribution in [3.05, 3.63) is 46.5 Å². The van der Waals surface area contributed by atoms with Crippen LogP contribution in [0.15, 0.2) is 35.4 Å². The first kappa shape index (κ1) is 27.3. The van der Waals surface area contributed by atoms with E-state index in [2.05, 4.69) is 15.3 Å². The van der Waals surface area contributed by atoms with Crippen molar-refractivity contribution in [1.82, 2.24) is 14.5 Å². The molecule has 0 fully saturated rings. The molecule has 3 N–H and O–H groups in total. The van der Waals surface area contributed by atoms with E-state index in [1.807, 2.05) is 0 Å². The number of ether oxygens (including phenoxy) is 6. The second-order valence-corrected chi connectivity index (χ2v) is 8.18. The molecule has 0 saturated heterocycles. The van der Waals surface area contributed by atoms with Gasteiger partial charge in [0.25, 0.3) is 11.5 Å². The molecular weight excluding hydrogens is 498 g/mol. The van der Waals surface area contributed by atoms with Crippen LogP contribution in [0.25, 0.3) is 10.8 Å². The van der Waals surface area contributed by atoms with Crippen LogP contribution in [-0.4, -0.2) is 86.5 Å². The fourth-order valence-corrected chi connectivity index (χ4v) is 3.63. The molecule has 1 aromatic carbocycles. The summed E-state index contributed by atoms with van der Waals surface area (Å²) >= 11 is 0. The van der Waals surface area contributed by atoms with Crippen molar-refractivity contribution < 1.29 is 33.2 Å². The van der Waals surface area contributed by atoms with E-state index in [9.17, 15) is 9.59 Å². The van der Waals surface area contributed by atoms with Crippen molar-refractivity contribution in [2.45, 2.75) is 0 Å². The standard InChI is InChI=1S/C25H31N5O8/c1-30-21(29-23(31)17-15-27-25(26)28-16-17)14-19-18(24(30)32)2-3-20-22(19)38-13-11-36-9-7-34-5-4-33-6-8-35-10-12-37-20/h2-3,14-16H,4-13H2,1H3,(H,29,31)(H2,26,27,28). The fraction of sp³-hybridized carbons (Fsp3) is 0.440. The first-order chi connectivity index (χ1) is 18.5. The number of carbonyl (C=O) groups is 1. The number of hydrogen-bond donors (Lipinski definition) is 2. The van der Waals surface area contributed by atoms with Gasteiger partial charge < -0.3 is 39.5 Å². The highest BCUT2D eigenvalue weighted by Crippen LogP contribution is 2.36. The third-order valence-corrected chi connectivity index (χ3v) is 5.59. The molecule has 0 unspecified atom stereocenters. The van der Waals surface area contributed by atoms with Crippen molar-refractivity contribution in [1.29, 1.82) is 0 Å². The number of aromatic nitrogens is 3. The Kier molecular flexibility index (Phi) is 9.81. The van der Waals surface area contributed by atoms with Gasteiger partial charge >= 0.3 is 0 Å². The molecule has 0 saturated carbocycles. The minimum absolute atomic E-state index is 0.0486. The Morgan fingerprint density at radius 3 is 2.00 bits per heavy atom. The molecule has 204 valence electrons. The van der Waals surface area contributed by atoms with Gasteiger partial charge in [-0.05, 0) is 18.2 Å². The van der Waals surface area contributed by atoms with E-state index in [4.69, 9.17) is 34.2 Å². The molecule has 1 aliphatic rings. The molecule has 4 rings (SSSR count). The zero-order chi connectivity index (χ0) is 26.7. The highest BCUT2D eigenvalue weighted by Gasteiger charge is 2.18. The van der Waals surface area contributed by atoms with Crippen LogP contribution in [0.5, 0.6) is 11.5 Å². The van der Waals surface area contributed by atoms with E-state index < -0.39 is 5.91 Å². The smallest absolute Gasteiger partial charge is 0.259 e. The lowest BCUT2D eigenvalue weighted by Gasteiger charge is -2.18. The van der Waals surface area contributed by atoms with Gasteiger partial charge in [0.2, 0.25) is 5.95 Å². The number of anilines is 2. The zero-order valence-corrected chi connectivity index (χ0v) is 21.1. The van der Waals surface area contributed by atoms with E-state index in [1.165, 1.54) is 17.0 Å². The molecule has 13 nitrogen and oxygen atoms in total. The number of carbonyl (C=O) groups excluding carboxylic acids is 1. The summed E-state index contributed by atoms with van der Waals surface area (Å²) < 4.78 is 35.4. The van der Waals surface area contributed by atoms with Gasteiger partial charge in [0.15, 0.2) is 11.5 Å². The summed E-state index contributed by atoms with van der Waals surface area (Å²) in [5.74, 6) is 0.583. The molecule has 0 radical (unpaired) electrons. The zero-order valence-electron chi connectivity index (χ0n) is 21.1. The lowest BCUT2D eigenvalue weighted by Crippen LogP contribution is -2.24. The number of fused-ring (bicyclic) bond motifs is 3. The number of nitrogen functional groups attached to an aromatic ring is 1. The summed E-state index contributed by atoms with van der Waals surface area (Å²) in [6.45, 7) is 3.75. The van der Waals surface area contributed by atoms with Crippen LogP contribution in [0.3, 0.4) is 0 Å². The van der Waals surface area contributed by atoms with Crippen LogP contribution < -0.4 is 26.1 Å². The third kappa shape index (κ3) is 7.16. The molecule has 3 heterocycles. The van der Waals surface area contributed by atoms with Crippen molar-refractivity contribution in [2.75, 3.05) is 77.1 Å². The largest absolute Gasteiger partial charge is 0.487 e. The number of nitrogens with two attached hydrogens (primary N) is 1. The highest BCUT2D eigenvalue weighted by molar-refractivity contribution is 6.04. The van der Waals surface area contributed by atoms with Crippen LogP contribution in [-0.2, 0) is 26.0 Å². The Balaban J connectivity index is 1.61. The molecule has 0 aliphatic carbocycles. The Morgan fingerprint density at radius 2 is 1.39 bits per heavy atom. The van der Waals surface area contributed by atoms with Gasteiger partial charge in [-0.2, -0.15) is 0 Å². The van der Waals surface area contributed by atoms with Crippen LogP contribution in [0, 0.1) is 0 Å². The number of amides is 1. The van der Waals surface area contributed by atoms with Gasteiger partial charge in [-0.1, -0.05) is 0 Å². The quantitative estimate of drug-likeness (QED) is 0.488. The van der Waals surface area contributed by atoms with Crippen LogP contribution >= 0.6 is 0 Å². The van der Waals surface area contributed by atoms with E-state index in [-0.39, 0.29) is 36.1 Å². The maximum Gasteiger partial charge on any atom is 0.259 e. The molecule has 0 bridgehead atoms. The summed E-state index contributed by atoms with van der Waals surface area (Å²) in [4.78, 5) is 33.6. The normalized spacial score (nSPS) is 16.3. The maximum absolute atomic E-state index is 13.2. The lowest BCUT2D eigenvalue weighted by atomic mass is 10.1. The molecule has 1 aliphatic heterocycles. The van der Waals surface area contributed by atoms with Gasteiger partial charge in [0.05, 0.1) is 63.8 Å². The molecule has 1 amide bonds. The summed E-state index contributed by atoms with van der Waals surface area (Å²) in [5.41, 5.74) is 5.37. The number of hydrogen-bond acceptors (Lipinski definition) is 11. The second kappa shape index (κ2) is 13.7. The molecular formula is C25H31N5O8. The lowest BCUT2D eigenvalue weighted by molar-refractivity contribution is -0.00834. The van der Waals surface area contributed by atoms with E-state index in [0.717, 1.165) is 0 Å². The molecule has 0 atom stereocenters. The number of nitrogens with one attached hydrogen (secondary N) is 1. The van der Waals surface area contributed by atoms with Crippen LogP contribution in [0.1, 0.15) is 10.4 Å². The monoisotopic (exact) mass is 529 g/mol. The molecule has 38 heavy (non-hydrogen) atoms.